The SMILES string of the molecule is COc1cc(/C=N/Nc2ccc(C(=O)O)cc2)ccc1OCC(=O)Nc1ccccc1. The van der Waals surface area contributed by atoms with Gasteiger partial charge in [-0.2, -0.15) is 5.10 Å². The first kappa shape index (κ1) is 21.4. The van der Waals surface area contributed by atoms with Gasteiger partial charge in [0.05, 0.1) is 24.6 Å². The number of benzene rings is 3. The van der Waals surface area contributed by atoms with Gasteiger partial charge in [0.25, 0.3) is 5.91 Å². The quantitative estimate of drug-likeness (QED) is 0.359. The van der Waals surface area contributed by atoms with Crippen molar-refractivity contribution in [2.24, 2.45) is 5.10 Å². The zero-order valence-electron chi connectivity index (χ0n) is 16.7. The number of nitrogens with zero attached hydrogens (tertiary/aromatic N) is 1. The smallest absolute Gasteiger partial charge is 0.335 e. The molecule has 0 aliphatic heterocycles. The van der Waals surface area contributed by atoms with E-state index in [4.69, 9.17) is 14.6 Å². The van der Waals surface area contributed by atoms with Crippen LogP contribution in [0.2, 0.25) is 0 Å². The lowest BCUT2D eigenvalue weighted by atomic mass is 10.2. The predicted octanol–water partition coefficient (Wildman–Crippen LogP) is 3.86. The summed E-state index contributed by atoms with van der Waals surface area (Å²) in [6.45, 7) is -0.160. The molecule has 0 aliphatic carbocycles. The Morgan fingerprint density at radius 3 is 2.39 bits per heavy atom. The lowest BCUT2D eigenvalue weighted by Gasteiger charge is -2.11. The molecular formula is C23H21N3O5. The highest BCUT2D eigenvalue weighted by Gasteiger charge is 2.09. The fourth-order valence-corrected chi connectivity index (χ4v) is 2.61. The number of carbonyl (C=O) groups excluding carboxylic acids is 1. The molecule has 0 atom stereocenters. The van der Waals surface area contributed by atoms with Gasteiger partial charge in [0.2, 0.25) is 0 Å². The molecule has 0 aliphatic rings. The summed E-state index contributed by atoms with van der Waals surface area (Å²) in [4.78, 5) is 22.9. The molecule has 0 saturated heterocycles. The van der Waals surface area contributed by atoms with Crippen LogP contribution in [0.3, 0.4) is 0 Å². The van der Waals surface area contributed by atoms with Gasteiger partial charge < -0.3 is 19.9 Å². The number of hydrogen-bond acceptors (Lipinski definition) is 6. The van der Waals surface area contributed by atoms with Crippen molar-refractivity contribution in [1.82, 2.24) is 0 Å². The number of aromatic carboxylic acids is 1. The molecule has 0 radical (unpaired) electrons. The maximum absolute atomic E-state index is 12.0. The number of carboxylic acid groups (broad SMARTS) is 1. The minimum absolute atomic E-state index is 0.160. The second-order valence-corrected chi connectivity index (χ2v) is 6.37. The third-order valence-electron chi connectivity index (χ3n) is 4.14. The Hall–Kier alpha value is -4.33. The summed E-state index contributed by atoms with van der Waals surface area (Å²) >= 11 is 0. The van der Waals surface area contributed by atoms with Crippen LogP contribution >= 0.6 is 0 Å². The minimum Gasteiger partial charge on any atom is -0.493 e. The summed E-state index contributed by atoms with van der Waals surface area (Å²) in [7, 11) is 1.51. The molecule has 0 spiro atoms. The van der Waals surface area contributed by atoms with E-state index < -0.39 is 5.97 Å². The summed E-state index contributed by atoms with van der Waals surface area (Å²) < 4.78 is 10.9. The lowest BCUT2D eigenvalue weighted by molar-refractivity contribution is -0.118. The second kappa shape index (κ2) is 10.4. The number of anilines is 2. The molecule has 3 rings (SSSR count). The summed E-state index contributed by atoms with van der Waals surface area (Å²) in [6.07, 6.45) is 1.58. The van der Waals surface area contributed by atoms with Gasteiger partial charge >= 0.3 is 5.97 Å². The van der Waals surface area contributed by atoms with Gasteiger partial charge in [0, 0.05) is 5.69 Å². The van der Waals surface area contributed by atoms with Crippen LogP contribution in [0.5, 0.6) is 11.5 Å². The van der Waals surface area contributed by atoms with Crippen LogP contribution in [0.15, 0.2) is 77.9 Å². The highest BCUT2D eigenvalue weighted by atomic mass is 16.5. The molecule has 3 aromatic rings. The van der Waals surface area contributed by atoms with Crippen LogP contribution in [-0.4, -0.2) is 36.9 Å². The topological polar surface area (TPSA) is 109 Å². The standard InChI is InChI=1S/C23H21N3O5/c1-30-21-13-16(14-24-26-19-10-8-17(9-11-19)23(28)29)7-12-20(21)31-15-22(27)25-18-5-3-2-4-6-18/h2-14,26H,15H2,1H3,(H,25,27)(H,28,29)/b24-14+. The maximum Gasteiger partial charge on any atom is 0.335 e. The predicted molar refractivity (Wildman–Crippen MR) is 118 cm³/mol. The number of carboxylic acids is 1. The Labute approximate surface area is 179 Å². The average molecular weight is 419 g/mol. The third-order valence-corrected chi connectivity index (χ3v) is 4.14. The van der Waals surface area contributed by atoms with Crippen molar-refractivity contribution in [2.75, 3.05) is 24.5 Å². The largest absolute Gasteiger partial charge is 0.493 e. The highest BCUT2D eigenvalue weighted by Crippen LogP contribution is 2.27. The molecular weight excluding hydrogens is 398 g/mol. The second-order valence-electron chi connectivity index (χ2n) is 6.37. The Kier molecular flexibility index (Phi) is 7.21. The summed E-state index contributed by atoms with van der Waals surface area (Å²) in [5.74, 6) is -0.374. The molecule has 0 bridgehead atoms. The normalized spacial score (nSPS) is 10.5. The van der Waals surface area contributed by atoms with Crippen LogP contribution in [-0.2, 0) is 4.79 Å². The number of hydrogen-bond donors (Lipinski definition) is 3. The first-order valence-corrected chi connectivity index (χ1v) is 9.33. The van der Waals surface area contributed by atoms with E-state index in [1.807, 2.05) is 18.2 Å². The number of nitrogens with one attached hydrogen (secondary N) is 2. The zero-order chi connectivity index (χ0) is 22.1. The Morgan fingerprint density at radius 2 is 1.71 bits per heavy atom. The Morgan fingerprint density at radius 1 is 0.968 bits per heavy atom. The average Bonchev–Trinajstić information content (AvgIpc) is 2.79. The fraction of sp³-hybridized carbons (Fsp3) is 0.0870. The van der Waals surface area contributed by atoms with E-state index in [1.165, 1.54) is 19.2 Å². The van der Waals surface area contributed by atoms with Gasteiger partial charge in [0.1, 0.15) is 0 Å². The number of para-hydroxylation sites is 1. The van der Waals surface area contributed by atoms with Gasteiger partial charge in [-0.25, -0.2) is 4.79 Å². The van der Waals surface area contributed by atoms with Crippen molar-refractivity contribution < 1.29 is 24.2 Å². The highest BCUT2D eigenvalue weighted by molar-refractivity contribution is 5.92. The molecule has 1 amide bonds. The van der Waals surface area contributed by atoms with Crippen molar-refractivity contribution >= 4 is 29.5 Å². The van der Waals surface area contributed by atoms with Crippen LogP contribution in [0.25, 0.3) is 0 Å². The number of methoxy groups -OCH3 is 1. The van der Waals surface area contributed by atoms with E-state index in [9.17, 15) is 9.59 Å². The van der Waals surface area contributed by atoms with Crippen LogP contribution in [0, 0.1) is 0 Å². The monoisotopic (exact) mass is 419 g/mol. The number of hydrazone groups is 1. The molecule has 8 heteroatoms. The number of ether oxygens (including phenoxy) is 2. The van der Waals surface area contributed by atoms with Crippen molar-refractivity contribution in [1.29, 1.82) is 0 Å². The van der Waals surface area contributed by atoms with Gasteiger partial charge in [-0.05, 0) is 60.2 Å². The van der Waals surface area contributed by atoms with Gasteiger partial charge in [-0.3, -0.25) is 10.2 Å². The van der Waals surface area contributed by atoms with Gasteiger partial charge in [-0.1, -0.05) is 18.2 Å². The lowest BCUT2D eigenvalue weighted by Crippen LogP contribution is -2.20. The molecule has 0 unspecified atom stereocenters. The van der Waals surface area contributed by atoms with Gasteiger partial charge in [-0.15, -0.1) is 0 Å². The van der Waals surface area contributed by atoms with Crippen molar-refractivity contribution in [2.45, 2.75) is 0 Å². The van der Waals surface area contributed by atoms with Crippen molar-refractivity contribution in [3.8, 4) is 11.5 Å². The van der Waals surface area contributed by atoms with Crippen molar-refractivity contribution in [3.05, 3.63) is 83.9 Å². The fourth-order valence-electron chi connectivity index (χ4n) is 2.61. The van der Waals surface area contributed by atoms with E-state index >= 15 is 0 Å². The van der Waals surface area contributed by atoms with Crippen molar-refractivity contribution in [3.63, 3.8) is 0 Å². The van der Waals surface area contributed by atoms with E-state index in [-0.39, 0.29) is 18.1 Å². The number of carbonyl (C=O) groups is 2. The first-order valence-electron chi connectivity index (χ1n) is 9.33. The summed E-state index contributed by atoms with van der Waals surface area (Å²) in [5, 5.41) is 15.8. The van der Waals surface area contributed by atoms with E-state index in [1.54, 1.807) is 48.7 Å². The first-order chi connectivity index (χ1) is 15.0. The van der Waals surface area contributed by atoms with Crippen LogP contribution in [0.4, 0.5) is 11.4 Å². The maximum atomic E-state index is 12.0. The zero-order valence-corrected chi connectivity index (χ0v) is 16.7. The minimum atomic E-state index is -0.984. The molecule has 31 heavy (non-hydrogen) atoms. The van der Waals surface area contributed by atoms with Gasteiger partial charge in [0.15, 0.2) is 18.1 Å². The van der Waals surface area contributed by atoms with Crippen LogP contribution in [0.1, 0.15) is 15.9 Å². The molecule has 0 saturated carbocycles. The Balaban J connectivity index is 1.56. The van der Waals surface area contributed by atoms with E-state index in [2.05, 4.69) is 15.8 Å². The molecule has 0 aromatic heterocycles. The molecule has 158 valence electrons. The molecule has 0 heterocycles. The molecule has 3 aromatic carbocycles. The van der Waals surface area contributed by atoms with Crippen LogP contribution < -0.4 is 20.2 Å². The molecule has 8 nitrogen and oxygen atoms in total. The molecule has 3 N–H and O–H groups in total. The third kappa shape index (κ3) is 6.33. The van der Waals surface area contributed by atoms with E-state index in [0.29, 0.717) is 22.9 Å². The molecule has 0 fully saturated rings. The summed E-state index contributed by atoms with van der Waals surface area (Å²) in [6, 6.07) is 20.5. The summed E-state index contributed by atoms with van der Waals surface area (Å²) in [5.41, 5.74) is 5.12. The van der Waals surface area contributed by atoms with E-state index in [0.717, 1.165) is 5.56 Å². The number of amides is 1. The Bertz CT molecular complexity index is 1070. The number of rotatable bonds is 9.